The van der Waals surface area contributed by atoms with Crippen molar-refractivity contribution >= 4 is 17.6 Å². The molecule has 0 amide bonds. The highest BCUT2D eigenvalue weighted by molar-refractivity contribution is 6.29. The second-order valence-corrected chi connectivity index (χ2v) is 5.12. The number of carbonyl (C=O) groups is 1. The number of ether oxygens (including phenoxy) is 2. The van der Waals surface area contributed by atoms with E-state index < -0.39 is 5.97 Å². The molecule has 0 aliphatic carbocycles. The fourth-order valence-corrected chi connectivity index (χ4v) is 1.82. The Labute approximate surface area is 128 Å². The standard InChI is InChI=1S/C16H16ClNO3/c1-11(2)21-14-6-4-3-5-13(14)16(19)20-10-12-7-8-15(17)18-9-12/h3-9,11H,10H2,1-2H3. The van der Waals surface area contributed by atoms with Crippen LogP contribution in [0.2, 0.25) is 5.15 Å². The number of esters is 1. The van der Waals surface area contributed by atoms with Gasteiger partial charge in [0.05, 0.1) is 6.10 Å². The smallest absolute Gasteiger partial charge is 0.342 e. The van der Waals surface area contributed by atoms with Gasteiger partial charge in [0.1, 0.15) is 23.1 Å². The van der Waals surface area contributed by atoms with E-state index in [0.717, 1.165) is 5.56 Å². The van der Waals surface area contributed by atoms with Crippen LogP contribution in [0.4, 0.5) is 0 Å². The van der Waals surface area contributed by atoms with Gasteiger partial charge in [-0.25, -0.2) is 9.78 Å². The average Bonchev–Trinajstić information content (AvgIpc) is 2.46. The highest BCUT2D eigenvalue weighted by atomic mass is 35.5. The molecule has 2 aromatic rings. The summed E-state index contributed by atoms with van der Waals surface area (Å²) in [6.45, 7) is 3.95. The van der Waals surface area contributed by atoms with E-state index in [2.05, 4.69) is 4.98 Å². The lowest BCUT2D eigenvalue weighted by Gasteiger charge is -2.13. The fraction of sp³-hybridized carbons (Fsp3) is 0.250. The number of para-hydroxylation sites is 1. The maximum atomic E-state index is 12.1. The third kappa shape index (κ3) is 4.46. The van der Waals surface area contributed by atoms with Crippen molar-refractivity contribution in [3.63, 3.8) is 0 Å². The van der Waals surface area contributed by atoms with Gasteiger partial charge in [0.15, 0.2) is 0 Å². The Balaban J connectivity index is 2.05. The minimum absolute atomic E-state index is 0.0144. The SMILES string of the molecule is CC(C)Oc1ccccc1C(=O)OCc1ccc(Cl)nc1. The highest BCUT2D eigenvalue weighted by Crippen LogP contribution is 2.20. The lowest BCUT2D eigenvalue weighted by Crippen LogP contribution is -2.12. The number of aromatic nitrogens is 1. The quantitative estimate of drug-likeness (QED) is 0.621. The van der Waals surface area contributed by atoms with Crippen molar-refractivity contribution < 1.29 is 14.3 Å². The summed E-state index contributed by atoms with van der Waals surface area (Å²) in [5.41, 5.74) is 1.18. The number of rotatable bonds is 5. The fourth-order valence-electron chi connectivity index (χ4n) is 1.71. The molecule has 0 saturated carbocycles. The number of hydrogen-bond acceptors (Lipinski definition) is 4. The summed E-state index contributed by atoms with van der Waals surface area (Å²) < 4.78 is 10.9. The molecule has 0 atom stereocenters. The van der Waals surface area contributed by atoms with Crippen molar-refractivity contribution in [3.05, 3.63) is 58.9 Å². The van der Waals surface area contributed by atoms with Crippen molar-refractivity contribution in [1.82, 2.24) is 4.98 Å². The first kappa shape index (κ1) is 15.3. The van der Waals surface area contributed by atoms with Crippen LogP contribution in [0.5, 0.6) is 5.75 Å². The third-order valence-corrected chi connectivity index (χ3v) is 2.85. The maximum absolute atomic E-state index is 12.1. The van der Waals surface area contributed by atoms with Gasteiger partial charge in [0.25, 0.3) is 0 Å². The van der Waals surface area contributed by atoms with Gasteiger partial charge in [-0.1, -0.05) is 29.8 Å². The lowest BCUT2D eigenvalue weighted by atomic mass is 10.2. The van der Waals surface area contributed by atoms with Gasteiger partial charge in [-0.05, 0) is 32.0 Å². The zero-order valence-corrected chi connectivity index (χ0v) is 12.6. The molecule has 2 rings (SSSR count). The molecular weight excluding hydrogens is 290 g/mol. The lowest BCUT2D eigenvalue weighted by molar-refractivity contribution is 0.0466. The van der Waals surface area contributed by atoms with Crippen molar-refractivity contribution in [2.45, 2.75) is 26.6 Å². The van der Waals surface area contributed by atoms with Crippen LogP contribution in [0, 0.1) is 0 Å². The Morgan fingerprint density at radius 1 is 1.24 bits per heavy atom. The van der Waals surface area contributed by atoms with Crippen LogP contribution >= 0.6 is 11.6 Å². The molecular formula is C16H16ClNO3. The molecule has 0 saturated heterocycles. The van der Waals surface area contributed by atoms with Crippen molar-refractivity contribution in [2.24, 2.45) is 0 Å². The van der Waals surface area contributed by atoms with Crippen LogP contribution in [0.3, 0.4) is 0 Å². The van der Waals surface area contributed by atoms with Crippen LogP contribution < -0.4 is 4.74 Å². The first-order chi connectivity index (χ1) is 10.1. The van der Waals surface area contributed by atoms with Gasteiger partial charge >= 0.3 is 5.97 Å². The molecule has 0 aliphatic heterocycles. The van der Waals surface area contributed by atoms with E-state index in [1.54, 1.807) is 36.5 Å². The maximum Gasteiger partial charge on any atom is 0.342 e. The second kappa shape index (κ2) is 7.09. The molecule has 1 aromatic carbocycles. The number of hydrogen-bond donors (Lipinski definition) is 0. The molecule has 0 spiro atoms. The minimum Gasteiger partial charge on any atom is -0.490 e. The molecule has 0 fully saturated rings. The first-order valence-corrected chi connectivity index (χ1v) is 6.97. The Kier molecular flexibility index (Phi) is 5.17. The summed E-state index contributed by atoms with van der Waals surface area (Å²) in [5, 5.41) is 0.403. The second-order valence-electron chi connectivity index (χ2n) is 4.73. The third-order valence-electron chi connectivity index (χ3n) is 2.63. The molecule has 1 aromatic heterocycles. The molecule has 1 heterocycles. The topological polar surface area (TPSA) is 48.4 Å². The van der Waals surface area contributed by atoms with Crippen molar-refractivity contribution in [1.29, 1.82) is 0 Å². The molecule has 0 N–H and O–H groups in total. The molecule has 21 heavy (non-hydrogen) atoms. The highest BCUT2D eigenvalue weighted by Gasteiger charge is 2.14. The van der Waals surface area contributed by atoms with Crippen LogP contribution in [0.1, 0.15) is 29.8 Å². The van der Waals surface area contributed by atoms with Gasteiger partial charge in [-0.3, -0.25) is 0 Å². The van der Waals surface area contributed by atoms with E-state index in [4.69, 9.17) is 21.1 Å². The first-order valence-electron chi connectivity index (χ1n) is 6.59. The van der Waals surface area contributed by atoms with E-state index in [1.165, 1.54) is 0 Å². The minimum atomic E-state index is -0.429. The van der Waals surface area contributed by atoms with Crippen LogP contribution in [0.15, 0.2) is 42.6 Å². The number of pyridine rings is 1. The molecule has 110 valence electrons. The normalized spacial score (nSPS) is 10.5. The predicted molar refractivity (Wildman–Crippen MR) is 80.6 cm³/mol. The van der Waals surface area contributed by atoms with Crippen LogP contribution in [-0.4, -0.2) is 17.1 Å². The Morgan fingerprint density at radius 3 is 2.67 bits per heavy atom. The number of nitrogens with zero attached hydrogens (tertiary/aromatic N) is 1. The van der Waals surface area contributed by atoms with Gasteiger partial charge in [0, 0.05) is 11.8 Å². The predicted octanol–water partition coefficient (Wildman–Crippen LogP) is 3.88. The van der Waals surface area contributed by atoms with E-state index in [1.807, 2.05) is 19.9 Å². The molecule has 0 aliphatic rings. The van der Waals surface area contributed by atoms with E-state index in [0.29, 0.717) is 16.5 Å². The molecule has 0 unspecified atom stereocenters. The largest absolute Gasteiger partial charge is 0.490 e. The van der Waals surface area contributed by atoms with Gasteiger partial charge in [-0.2, -0.15) is 0 Å². The van der Waals surface area contributed by atoms with Gasteiger partial charge < -0.3 is 9.47 Å². The van der Waals surface area contributed by atoms with E-state index in [9.17, 15) is 4.79 Å². The van der Waals surface area contributed by atoms with Crippen molar-refractivity contribution in [2.75, 3.05) is 0 Å². The van der Waals surface area contributed by atoms with Crippen molar-refractivity contribution in [3.8, 4) is 5.75 Å². The summed E-state index contributed by atoms with van der Waals surface area (Å²) in [4.78, 5) is 16.1. The molecule has 0 radical (unpaired) electrons. The summed E-state index contributed by atoms with van der Waals surface area (Å²) in [6.07, 6.45) is 1.56. The molecule has 0 bridgehead atoms. The van der Waals surface area contributed by atoms with E-state index in [-0.39, 0.29) is 12.7 Å². The summed E-state index contributed by atoms with van der Waals surface area (Å²) in [6, 6.07) is 10.4. The van der Waals surface area contributed by atoms with Crippen LogP contribution in [-0.2, 0) is 11.3 Å². The zero-order valence-electron chi connectivity index (χ0n) is 11.9. The summed E-state index contributed by atoms with van der Waals surface area (Å²) >= 11 is 5.70. The van der Waals surface area contributed by atoms with E-state index >= 15 is 0 Å². The Hall–Kier alpha value is -2.07. The number of halogens is 1. The van der Waals surface area contributed by atoms with Gasteiger partial charge in [-0.15, -0.1) is 0 Å². The number of carbonyl (C=O) groups excluding carboxylic acids is 1. The van der Waals surface area contributed by atoms with Crippen LogP contribution in [0.25, 0.3) is 0 Å². The molecule has 4 nitrogen and oxygen atoms in total. The summed E-state index contributed by atoms with van der Waals surface area (Å²) in [5.74, 6) is 0.0907. The zero-order chi connectivity index (χ0) is 15.2. The Bertz CT molecular complexity index is 611. The average molecular weight is 306 g/mol. The number of benzene rings is 1. The monoisotopic (exact) mass is 305 g/mol. The Morgan fingerprint density at radius 2 is 2.00 bits per heavy atom. The molecule has 5 heteroatoms. The van der Waals surface area contributed by atoms with Gasteiger partial charge in [0.2, 0.25) is 0 Å². The summed E-state index contributed by atoms with van der Waals surface area (Å²) in [7, 11) is 0.